The van der Waals surface area contributed by atoms with Gasteiger partial charge >= 0.3 is 5.97 Å². The average Bonchev–Trinajstić information content (AvgIpc) is 3.42. The van der Waals surface area contributed by atoms with Crippen LogP contribution in [0.25, 0.3) is 28.2 Å². The number of benzene rings is 3. The van der Waals surface area contributed by atoms with Crippen LogP contribution in [0, 0.1) is 0 Å². The fraction of sp³-hybridized carbons (Fsp3) is 0.103. The van der Waals surface area contributed by atoms with Crippen molar-refractivity contribution in [1.82, 2.24) is 4.90 Å². The van der Waals surface area contributed by atoms with E-state index in [1.54, 1.807) is 60.6 Å². The van der Waals surface area contributed by atoms with E-state index in [1.807, 2.05) is 18.2 Å². The molecule has 202 valence electrons. The molecule has 9 nitrogen and oxygen atoms in total. The van der Waals surface area contributed by atoms with Crippen LogP contribution < -0.4 is 16.2 Å². The Balaban J connectivity index is 1.39. The molecule has 0 spiro atoms. The monoisotopic (exact) mass is 573 g/mol. The van der Waals surface area contributed by atoms with Crippen LogP contribution in [0.1, 0.15) is 32.0 Å². The van der Waals surface area contributed by atoms with E-state index in [4.69, 9.17) is 37.9 Å². The van der Waals surface area contributed by atoms with Gasteiger partial charge in [-0.2, -0.15) is 0 Å². The molecule has 11 heteroatoms. The molecule has 1 aliphatic rings. The SMILES string of the molecule is COc1ccc(C=C2SC(=S)N(CCc3ccc(C(=O)O)cc3)C2=O)cc1-c1ccc2oc(C(N)=O)c(N)c2c1. The number of carbonyl (C=O) groups is 3. The van der Waals surface area contributed by atoms with Crippen LogP contribution in [0.5, 0.6) is 5.75 Å². The Kier molecular flexibility index (Phi) is 7.33. The predicted molar refractivity (Wildman–Crippen MR) is 158 cm³/mol. The Bertz CT molecular complexity index is 1730. The van der Waals surface area contributed by atoms with E-state index in [-0.39, 0.29) is 22.9 Å². The molecule has 5 rings (SSSR count). The molecule has 1 fully saturated rings. The van der Waals surface area contributed by atoms with Gasteiger partial charge in [0.1, 0.15) is 15.7 Å². The summed E-state index contributed by atoms with van der Waals surface area (Å²) in [7, 11) is 1.56. The van der Waals surface area contributed by atoms with Crippen LogP contribution in [-0.4, -0.2) is 45.8 Å². The number of hydrogen-bond donors (Lipinski definition) is 3. The number of nitrogens with two attached hydrogens (primary N) is 2. The van der Waals surface area contributed by atoms with E-state index in [2.05, 4.69) is 0 Å². The quantitative estimate of drug-likeness (QED) is 0.197. The van der Waals surface area contributed by atoms with Crippen molar-refractivity contribution < 1.29 is 28.6 Å². The normalized spacial score (nSPS) is 14.3. The maximum Gasteiger partial charge on any atom is 0.335 e. The molecule has 1 saturated heterocycles. The summed E-state index contributed by atoms with van der Waals surface area (Å²) in [6, 6.07) is 17.4. The number of thiocarbonyl (C=S) groups is 1. The Morgan fingerprint density at radius 2 is 1.88 bits per heavy atom. The van der Waals surface area contributed by atoms with Gasteiger partial charge in [-0.1, -0.05) is 48.2 Å². The first-order valence-corrected chi connectivity index (χ1v) is 13.3. The summed E-state index contributed by atoms with van der Waals surface area (Å²) in [6.45, 7) is 0.377. The lowest BCUT2D eigenvalue weighted by Crippen LogP contribution is -2.30. The maximum atomic E-state index is 13.2. The summed E-state index contributed by atoms with van der Waals surface area (Å²) in [5.41, 5.74) is 15.5. The number of carboxylic acid groups (broad SMARTS) is 1. The molecule has 0 unspecified atom stereocenters. The molecule has 2 heterocycles. The Morgan fingerprint density at radius 1 is 1.12 bits per heavy atom. The molecule has 2 amide bonds. The first-order chi connectivity index (χ1) is 19.2. The van der Waals surface area contributed by atoms with Gasteiger partial charge in [-0.25, -0.2) is 4.79 Å². The number of aromatic carboxylic acids is 1. The van der Waals surface area contributed by atoms with Crippen molar-refractivity contribution in [2.24, 2.45) is 5.73 Å². The summed E-state index contributed by atoms with van der Waals surface area (Å²) in [5.74, 6) is -1.41. The third-order valence-corrected chi connectivity index (χ3v) is 7.86. The molecule has 0 atom stereocenters. The van der Waals surface area contributed by atoms with E-state index in [1.165, 1.54) is 11.8 Å². The average molecular weight is 574 g/mol. The van der Waals surface area contributed by atoms with Crippen molar-refractivity contribution in [3.8, 4) is 16.9 Å². The van der Waals surface area contributed by atoms with E-state index >= 15 is 0 Å². The second kappa shape index (κ2) is 10.9. The molecule has 40 heavy (non-hydrogen) atoms. The van der Waals surface area contributed by atoms with Crippen molar-refractivity contribution in [2.45, 2.75) is 6.42 Å². The maximum absolute atomic E-state index is 13.2. The van der Waals surface area contributed by atoms with Crippen LogP contribution in [0.4, 0.5) is 5.69 Å². The number of thioether (sulfide) groups is 1. The molecule has 1 aromatic heterocycles. The summed E-state index contributed by atoms with van der Waals surface area (Å²) < 4.78 is 11.5. The van der Waals surface area contributed by atoms with Crippen molar-refractivity contribution in [3.63, 3.8) is 0 Å². The topological polar surface area (TPSA) is 149 Å². The number of methoxy groups -OCH3 is 1. The fourth-order valence-corrected chi connectivity index (χ4v) is 5.72. The fourth-order valence-electron chi connectivity index (χ4n) is 4.41. The van der Waals surface area contributed by atoms with Crippen molar-refractivity contribution >= 4 is 68.8 Å². The number of nitrogens with zero attached hydrogens (tertiary/aromatic N) is 1. The lowest BCUT2D eigenvalue weighted by Gasteiger charge is -2.14. The second-order valence-electron chi connectivity index (χ2n) is 8.97. The van der Waals surface area contributed by atoms with Crippen molar-refractivity contribution in [2.75, 3.05) is 19.4 Å². The molecule has 1 aliphatic heterocycles. The molecule has 0 saturated carbocycles. The molecular weight excluding hydrogens is 550 g/mol. The summed E-state index contributed by atoms with van der Waals surface area (Å²) >= 11 is 6.70. The number of ether oxygens (including phenoxy) is 1. The van der Waals surface area contributed by atoms with Crippen LogP contribution in [0.3, 0.4) is 0 Å². The Morgan fingerprint density at radius 3 is 2.55 bits per heavy atom. The van der Waals surface area contributed by atoms with Gasteiger partial charge in [-0.05, 0) is 65.6 Å². The summed E-state index contributed by atoms with van der Waals surface area (Å²) in [4.78, 5) is 37.9. The Labute approximate surface area is 238 Å². The first kappa shape index (κ1) is 27.0. The van der Waals surface area contributed by atoms with Gasteiger partial charge < -0.3 is 25.7 Å². The molecular formula is C29H23N3O6S2. The number of furan rings is 1. The number of hydrogen-bond acceptors (Lipinski definition) is 8. The number of fused-ring (bicyclic) bond motifs is 1. The van der Waals surface area contributed by atoms with Crippen LogP contribution in [-0.2, 0) is 11.2 Å². The van der Waals surface area contributed by atoms with E-state index < -0.39 is 11.9 Å². The minimum Gasteiger partial charge on any atom is -0.496 e. The summed E-state index contributed by atoms with van der Waals surface area (Å²) in [5, 5.41) is 9.62. The predicted octanol–water partition coefficient (Wildman–Crippen LogP) is 4.93. The van der Waals surface area contributed by atoms with Gasteiger partial charge in [-0.3, -0.25) is 14.5 Å². The van der Waals surface area contributed by atoms with Crippen LogP contribution in [0.15, 0.2) is 70.0 Å². The van der Waals surface area contributed by atoms with E-state index in [0.29, 0.717) is 38.9 Å². The summed E-state index contributed by atoms with van der Waals surface area (Å²) in [6.07, 6.45) is 2.31. The van der Waals surface area contributed by atoms with Gasteiger partial charge in [0.15, 0.2) is 0 Å². The number of rotatable bonds is 8. The minimum atomic E-state index is -0.987. The van der Waals surface area contributed by atoms with Gasteiger partial charge in [0.2, 0.25) is 5.76 Å². The molecule has 0 radical (unpaired) electrons. The number of primary amides is 1. The van der Waals surface area contributed by atoms with Gasteiger partial charge in [0, 0.05) is 17.5 Å². The third kappa shape index (κ3) is 5.16. The van der Waals surface area contributed by atoms with Crippen molar-refractivity contribution in [1.29, 1.82) is 0 Å². The van der Waals surface area contributed by atoms with Crippen molar-refractivity contribution in [3.05, 3.63) is 88.0 Å². The first-order valence-electron chi connectivity index (χ1n) is 12.0. The highest BCUT2D eigenvalue weighted by atomic mass is 32.2. The number of nitrogen functional groups attached to an aromatic ring is 1. The van der Waals surface area contributed by atoms with Gasteiger partial charge in [0.05, 0.1) is 23.3 Å². The highest BCUT2D eigenvalue weighted by molar-refractivity contribution is 8.26. The van der Waals surface area contributed by atoms with E-state index in [0.717, 1.165) is 22.3 Å². The number of amides is 2. The lowest BCUT2D eigenvalue weighted by molar-refractivity contribution is -0.122. The van der Waals surface area contributed by atoms with Crippen LogP contribution in [0.2, 0.25) is 0 Å². The molecule has 3 aromatic carbocycles. The zero-order valence-electron chi connectivity index (χ0n) is 21.2. The van der Waals surface area contributed by atoms with Gasteiger partial charge in [0.25, 0.3) is 11.8 Å². The standard InChI is InChI=1S/C29H23N3O6S2/c1-37-21-8-4-16(12-19(21)18-7-9-22-20(14-18)24(30)25(38-22)26(31)33)13-23-27(34)32(29(39)40-23)11-10-15-2-5-17(6-3-15)28(35)36/h2-9,12-14H,10-11,30H2,1H3,(H2,31,33)(H,35,36). The van der Waals surface area contributed by atoms with Crippen LogP contribution >= 0.6 is 24.0 Å². The zero-order chi connectivity index (χ0) is 28.6. The highest BCUT2D eigenvalue weighted by Crippen LogP contribution is 2.38. The zero-order valence-corrected chi connectivity index (χ0v) is 22.8. The second-order valence-corrected chi connectivity index (χ2v) is 10.6. The van der Waals surface area contributed by atoms with E-state index in [9.17, 15) is 14.4 Å². The number of carboxylic acids is 1. The number of anilines is 1. The molecule has 0 bridgehead atoms. The Hall–Kier alpha value is -4.61. The lowest BCUT2D eigenvalue weighted by atomic mass is 10.00. The van der Waals surface area contributed by atoms with Gasteiger partial charge in [-0.15, -0.1) is 0 Å². The largest absolute Gasteiger partial charge is 0.496 e. The molecule has 5 N–H and O–H groups in total. The minimum absolute atomic E-state index is 0.0906. The molecule has 0 aliphatic carbocycles. The molecule has 4 aromatic rings. The smallest absolute Gasteiger partial charge is 0.335 e. The third-order valence-electron chi connectivity index (χ3n) is 6.48. The highest BCUT2D eigenvalue weighted by Gasteiger charge is 2.31. The number of carbonyl (C=O) groups excluding carboxylic acids is 2.